The van der Waals surface area contributed by atoms with Gasteiger partial charge >= 0.3 is 11.9 Å². The number of ether oxygens (including phenoxy) is 3. The second-order valence-corrected chi connectivity index (χ2v) is 4.51. The summed E-state index contributed by atoms with van der Waals surface area (Å²) in [4.78, 5) is 33.3. The lowest BCUT2D eigenvalue weighted by atomic mass is 10.0. The van der Waals surface area contributed by atoms with E-state index < -0.39 is 23.9 Å². The number of hydrogen-bond acceptors (Lipinski definition) is 7. The number of carbonyl (C=O) groups excluding carboxylic acids is 3. The minimum Gasteiger partial charge on any atom is -0.493 e. The van der Waals surface area contributed by atoms with Crippen LogP contribution in [-0.2, 0) is 14.4 Å². The van der Waals surface area contributed by atoms with Crippen LogP contribution in [0.3, 0.4) is 0 Å². The van der Waals surface area contributed by atoms with Crippen molar-refractivity contribution in [2.24, 2.45) is 11.5 Å². The van der Waals surface area contributed by atoms with Crippen molar-refractivity contribution in [3.05, 3.63) is 17.7 Å². The Kier molecular flexibility index (Phi) is 5.88. The van der Waals surface area contributed by atoms with Crippen molar-refractivity contribution in [3.63, 3.8) is 0 Å². The Labute approximate surface area is 127 Å². The lowest BCUT2D eigenvalue weighted by Gasteiger charge is -2.17. The van der Waals surface area contributed by atoms with Crippen LogP contribution in [0.25, 0.3) is 0 Å². The van der Waals surface area contributed by atoms with Crippen LogP contribution in [-0.4, -0.2) is 25.0 Å². The minimum absolute atomic E-state index is 0.0306. The van der Waals surface area contributed by atoms with Gasteiger partial charge in [0.15, 0.2) is 11.5 Å². The van der Waals surface area contributed by atoms with Gasteiger partial charge in [-0.05, 0) is 17.7 Å². The molecule has 1 aromatic carbocycles. The fourth-order valence-corrected chi connectivity index (χ4v) is 1.77. The zero-order valence-corrected chi connectivity index (χ0v) is 12.5. The van der Waals surface area contributed by atoms with E-state index in [1.807, 2.05) is 0 Å². The summed E-state index contributed by atoms with van der Waals surface area (Å²) in [6.07, 6.45) is -0.102. The van der Waals surface area contributed by atoms with E-state index in [1.165, 1.54) is 33.1 Å². The van der Waals surface area contributed by atoms with Crippen LogP contribution in [0, 0.1) is 0 Å². The summed E-state index contributed by atoms with van der Waals surface area (Å²) in [5.74, 6) is -1.73. The minimum atomic E-state index is -0.716. The molecule has 1 aromatic rings. The molecule has 0 aliphatic carbocycles. The lowest BCUT2D eigenvalue weighted by molar-refractivity contribution is -0.134. The molecule has 0 radical (unpaired) electrons. The average Bonchev–Trinajstić information content (AvgIpc) is 2.38. The highest BCUT2D eigenvalue weighted by molar-refractivity contribution is 5.77. The van der Waals surface area contributed by atoms with Crippen LogP contribution in [0.4, 0.5) is 0 Å². The molecule has 1 rings (SSSR count). The first-order valence-electron chi connectivity index (χ1n) is 6.37. The molecule has 0 aromatic heterocycles. The van der Waals surface area contributed by atoms with Crippen LogP contribution in [0.2, 0.25) is 0 Å². The molecular formula is C14H18N2O6. The maximum atomic E-state index is 11.2. The third-order valence-corrected chi connectivity index (χ3v) is 2.61. The van der Waals surface area contributed by atoms with Crippen molar-refractivity contribution in [2.45, 2.75) is 26.3 Å². The topological polar surface area (TPSA) is 131 Å². The van der Waals surface area contributed by atoms with Crippen molar-refractivity contribution in [1.29, 1.82) is 0 Å². The van der Waals surface area contributed by atoms with Gasteiger partial charge in [-0.25, -0.2) is 0 Å². The van der Waals surface area contributed by atoms with E-state index in [4.69, 9.17) is 25.7 Å². The quantitative estimate of drug-likeness (QED) is 0.575. The largest absolute Gasteiger partial charge is 0.493 e. The van der Waals surface area contributed by atoms with Crippen LogP contribution < -0.4 is 25.7 Å². The molecule has 0 heterocycles. The first-order chi connectivity index (χ1) is 10.2. The van der Waals surface area contributed by atoms with Gasteiger partial charge in [-0.3, -0.25) is 14.4 Å². The third kappa shape index (κ3) is 4.74. The molecule has 1 amide bonds. The van der Waals surface area contributed by atoms with Gasteiger partial charge < -0.3 is 25.7 Å². The second kappa shape index (κ2) is 7.41. The highest BCUT2D eigenvalue weighted by Crippen LogP contribution is 2.40. The van der Waals surface area contributed by atoms with Crippen molar-refractivity contribution in [2.75, 3.05) is 7.11 Å². The monoisotopic (exact) mass is 310 g/mol. The molecule has 120 valence electrons. The molecule has 1 unspecified atom stereocenters. The summed E-state index contributed by atoms with van der Waals surface area (Å²) in [5.41, 5.74) is 11.4. The van der Waals surface area contributed by atoms with Gasteiger partial charge in [0.1, 0.15) is 0 Å². The van der Waals surface area contributed by atoms with Gasteiger partial charge in [-0.15, -0.1) is 0 Å². The van der Waals surface area contributed by atoms with Gasteiger partial charge in [0.05, 0.1) is 7.11 Å². The number of esters is 2. The molecule has 4 N–H and O–H groups in total. The van der Waals surface area contributed by atoms with E-state index in [0.717, 1.165) is 0 Å². The number of rotatable bonds is 6. The Morgan fingerprint density at radius 2 is 1.64 bits per heavy atom. The molecule has 8 nitrogen and oxygen atoms in total. The van der Waals surface area contributed by atoms with Crippen molar-refractivity contribution in [1.82, 2.24) is 0 Å². The Balaban J connectivity index is 3.35. The predicted octanol–water partition coefficient (Wildman–Crippen LogP) is 0.421. The lowest BCUT2D eigenvalue weighted by Crippen LogP contribution is -2.21. The Morgan fingerprint density at radius 3 is 2.09 bits per heavy atom. The standard InChI is InChI=1S/C14H18N2O6/c1-7(17)21-12-5-9(10(15)6-13(16)19)4-11(20-3)14(12)22-8(2)18/h4-5,10H,6,15H2,1-3H3,(H2,16,19). The van der Waals surface area contributed by atoms with Crippen molar-refractivity contribution in [3.8, 4) is 17.2 Å². The van der Waals surface area contributed by atoms with Crippen LogP contribution in [0.15, 0.2) is 12.1 Å². The summed E-state index contributed by atoms with van der Waals surface area (Å²) in [6.45, 7) is 2.39. The van der Waals surface area contributed by atoms with E-state index in [2.05, 4.69) is 0 Å². The summed E-state index contributed by atoms with van der Waals surface area (Å²) < 4.78 is 15.2. The third-order valence-electron chi connectivity index (χ3n) is 2.61. The molecule has 0 spiro atoms. The van der Waals surface area contributed by atoms with E-state index in [1.54, 1.807) is 0 Å². The number of carbonyl (C=O) groups is 3. The summed E-state index contributed by atoms with van der Waals surface area (Å²) in [7, 11) is 1.35. The molecule has 0 fully saturated rings. The summed E-state index contributed by atoms with van der Waals surface area (Å²) >= 11 is 0. The number of benzene rings is 1. The van der Waals surface area contributed by atoms with E-state index in [-0.39, 0.29) is 23.7 Å². The first-order valence-corrected chi connectivity index (χ1v) is 6.37. The molecule has 1 atom stereocenters. The smallest absolute Gasteiger partial charge is 0.308 e. The Bertz CT molecular complexity index is 599. The second-order valence-electron chi connectivity index (χ2n) is 4.51. The Hall–Kier alpha value is -2.61. The van der Waals surface area contributed by atoms with Crippen LogP contribution >= 0.6 is 0 Å². The maximum absolute atomic E-state index is 11.2. The SMILES string of the molecule is COc1cc(C(N)CC(N)=O)cc(OC(C)=O)c1OC(C)=O. The van der Waals surface area contributed by atoms with Crippen molar-refractivity contribution >= 4 is 17.8 Å². The van der Waals surface area contributed by atoms with Gasteiger partial charge in [0, 0.05) is 26.3 Å². The highest BCUT2D eigenvalue weighted by Gasteiger charge is 2.21. The fourth-order valence-electron chi connectivity index (χ4n) is 1.77. The predicted molar refractivity (Wildman–Crippen MR) is 76.4 cm³/mol. The van der Waals surface area contributed by atoms with Gasteiger partial charge in [0.25, 0.3) is 0 Å². The summed E-state index contributed by atoms with van der Waals surface area (Å²) in [5, 5.41) is 0. The number of amides is 1. The molecule has 0 aliphatic rings. The number of primary amides is 1. The van der Waals surface area contributed by atoms with Crippen LogP contribution in [0.5, 0.6) is 17.2 Å². The molecule has 0 bridgehead atoms. The zero-order chi connectivity index (χ0) is 16.9. The molecule has 0 aliphatic heterocycles. The number of methoxy groups -OCH3 is 1. The van der Waals surface area contributed by atoms with E-state index in [0.29, 0.717) is 5.56 Å². The maximum Gasteiger partial charge on any atom is 0.308 e. The van der Waals surface area contributed by atoms with Gasteiger partial charge in [0.2, 0.25) is 11.7 Å². The van der Waals surface area contributed by atoms with Crippen molar-refractivity contribution < 1.29 is 28.6 Å². The fraction of sp³-hybridized carbons (Fsp3) is 0.357. The number of nitrogens with two attached hydrogens (primary N) is 2. The first kappa shape index (κ1) is 17.4. The van der Waals surface area contributed by atoms with Gasteiger partial charge in [-0.2, -0.15) is 0 Å². The zero-order valence-electron chi connectivity index (χ0n) is 12.5. The number of hydrogen-bond donors (Lipinski definition) is 2. The normalized spacial score (nSPS) is 11.5. The Morgan fingerprint density at radius 1 is 1.09 bits per heavy atom. The molecule has 8 heteroatoms. The molecule has 0 saturated heterocycles. The average molecular weight is 310 g/mol. The highest BCUT2D eigenvalue weighted by atomic mass is 16.6. The summed E-state index contributed by atoms with van der Waals surface area (Å²) in [6, 6.07) is 2.17. The van der Waals surface area contributed by atoms with E-state index >= 15 is 0 Å². The molecule has 0 saturated carbocycles. The molecular weight excluding hydrogens is 292 g/mol. The van der Waals surface area contributed by atoms with Gasteiger partial charge in [-0.1, -0.05) is 0 Å². The van der Waals surface area contributed by atoms with E-state index in [9.17, 15) is 14.4 Å². The van der Waals surface area contributed by atoms with Crippen LogP contribution in [0.1, 0.15) is 31.9 Å². The molecule has 22 heavy (non-hydrogen) atoms.